The molecule has 1 aliphatic rings. The summed E-state index contributed by atoms with van der Waals surface area (Å²) in [6.07, 6.45) is 1.95. The van der Waals surface area contributed by atoms with E-state index in [1.54, 1.807) is 0 Å². The first-order valence-electron chi connectivity index (χ1n) is 6.96. The van der Waals surface area contributed by atoms with Gasteiger partial charge in [0.25, 0.3) is 0 Å². The molecule has 2 heterocycles. The number of likely N-dealkylation sites (tertiary alicyclic amines) is 1. The van der Waals surface area contributed by atoms with Crippen LogP contribution in [0.3, 0.4) is 0 Å². The number of hydrogen-bond donors (Lipinski definition) is 2. The molecule has 3 N–H and O–H groups in total. The summed E-state index contributed by atoms with van der Waals surface area (Å²) >= 11 is 1.53. The van der Waals surface area contributed by atoms with Crippen LogP contribution in [-0.2, 0) is 20.8 Å². The number of thiophene rings is 1. The van der Waals surface area contributed by atoms with Crippen LogP contribution in [0.15, 0.2) is 17.5 Å². The van der Waals surface area contributed by atoms with E-state index in [2.05, 4.69) is 5.32 Å². The molecule has 0 spiro atoms. The SMILES string of the molecule is NC(=O)C1CCCN1C(=O)CCNC(=O)Cc1cccs1. The van der Waals surface area contributed by atoms with Crippen LogP contribution in [0.5, 0.6) is 0 Å². The van der Waals surface area contributed by atoms with Gasteiger partial charge in [-0.2, -0.15) is 0 Å². The molecule has 0 aromatic carbocycles. The maximum absolute atomic E-state index is 12.0. The van der Waals surface area contributed by atoms with Crippen LogP contribution < -0.4 is 11.1 Å². The van der Waals surface area contributed by atoms with Crippen LogP contribution in [0, 0.1) is 0 Å². The fourth-order valence-corrected chi connectivity index (χ4v) is 3.15. The van der Waals surface area contributed by atoms with Crippen molar-refractivity contribution < 1.29 is 14.4 Å². The lowest BCUT2D eigenvalue weighted by molar-refractivity contribution is -0.137. The second-order valence-corrected chi connectivity index (χ2v) is 6.04. The summed E-state index contributed by atoms with van der Waals surface area (Å²) in [7, 11) is 0. The third-order valence-corrected chi connectivity index (χ3v) is 4.35. The third kappa shape index (κ3) is 4.29. The van der Waals surface area contributed by atoms with Crippen molar-refractivity contribution in [3.8, 4) is 0 Å². The van der Waals surface area contributed by atoms with Crippen LogP contribution in [0.2, 0.25) is 0 Å². The molecular formula is C14H19N3O3S. The Morgan fingerprint density at radius 2 is 2.24 bits per heavy atom. The van der Waals surface area contributed by atoms with E-state index in [4.69, 9.17) is 5.73 Å². The Morgan fingerprint density at radius 3 is 2.90 bits per heavy atom. The van der Waals surface area contributed by atoms with Crippen molar-refractivity contribution in [1.29, 1.82) is 0 Å². The van der Waals surface area contributed by atoms with Crippen LogP contribution >= 0.6 is 11.3 Å². The molecule has 1 saturated heterocycles. The highest BCUT2D eigenvalue weighted by atomic mass is 32.1. The molecule has 21 heavy (non-hydrogen) atoms. The Bertz CT molecular complexity index is 516. The Morgan fingerprint density at radius 1 is 1.43 bits per heavy atom. The van der Waals surface area contributed by atoms with Crippen molar-refractivity contribution in [3.05, 3.63) is 22.4 Å². The lowest BCUT2D eigenvalue weighted by Crippen LogP contribution is -2.44. The monoisotopic (exact) mass is 309 g/mol. The zero-order chi connectivity index (χ0) is 15.2. The Labute approximate surface area is 127 Å². The van der Waals surface area contributed by atoms with Gasteiger partial charge in [-0.25, -0.2) is 0 Å². The maximum Gasteiger partial charge on any atom is 0.240 e. The number of carbonyl (C=O) groups excluding carboxylic acids is 3. The standard InChI is InChI=1S/C14H19N3O3S/c15-14(20)11-4-1-7-17(11)13(19)5-6-16-12(18)9-10-3-2-8-21-10/h2-3,8,11H,1,4-7,9H2,(H2,15,20)(H,16,18). The van der Waals surface area contributed by atoms with Crippen LogP contribution in [0.4, 0.5) is 0 Å². The number of primary amides is 1. The van der Waals surface area contributed by atoms with Crippen molar-refractivity contribution in [3.63, 3.8) is 0 Å². The van der Waals surface area contributed by atoms with E-state index in [9.17, 15) is 14.4 Å². The van der Waals surface area contributed by atoms with Gasteiger partial charge in [-0.05, 0) is 24.3 Å². The zero-order valence-corrected chi connectivity index (χ0v) is 12.5. The normalized spacial score (nSPS) is 17.7. The van der Waals surface area contributed by atoms with Gasteiger partial charge >= 0.3 is 0 Å². The van der Waals surface area contributed by atoms with Gasteiger partial charge in [-0.1, -0.05) is 6.07 Å². The van der Waals surface area contributed by atoms with E-state index in [0.717, 1.165) is 11.3 Å². The van der Waals surface area contributed by atoms with Gasteiger partial charge in [0.15, 0.2) is 0 Å². The summed E-state index contributed by atoms with van der Waals surface area (Å²) in [5.41, 5.74) is 5.28. The zero-order valence-electron chi connectivity index (χ0n) is 11.7. The second kappa shape index (κ2) is 7.21. The molecule has 1 aromatic heterocycles. The molecule has 114 valence electrons. The number of nitrogens with zero attached hydrogens (tertiary/aromatic N) is 1. The van der Waals surface area contributed by atoms with E-state index in [1.165, 1.54) is 16.2 Å². The van der Waals surface area contributed by atoms with Gasteiger partial charge in [0.1, 0.15) is 6.04 Å². The van der Waals surface area contributed by atoms with E-state index in [1.807, 2.05) is 17.5 Å². The van der Waals surface area contributed by atoms with Crippen LogP contribution in [0.1, 0.15) is 24.1 Å². The predicted molar refractivity (Wildman–Crippen MR) is 79.6 cm³/mol. The molecule has 0 radical (unpaired) electrons. The Balaban J connectivity index is 1.71. The summed E-state index contributed by atoms with van der Waals surface area (Å²) < 4.78 is 0. The van der Waals surface area contributed by atoms with Crippen LogP contribution in [-0.4, -0.2) is 41.8 Å². The van der Waals surface area contributed by atoms with Crippen molar-refractivity contribution in [2.24, 2.45) is 5.73 Å². The average Bonchev–Trinajstić information content (AvgIpc) is 3.08. The Kier molecular flexibility index (Phi) is 5.32. The molecule has 0 saturated carbocycles. The third-order valence-electron chi connectivity index (χ3n) is 3.48. The summed E-state index contributed by atoms with van der Waals surface area (Å²) in [5, 5.41) is 4.64. The molecule has 1 fully saturated rings. The summed E-state index contributed by atoms with van der Waals surface area (Å²) in [4.78, 5) is 37.5. The molecular weight excluding hydrogens is 290 g/mol. The van der Waals surface area contributed by atoms with Gasteiger partial charge in [-0.15, -0.1) is 11.3 Å². The van der Waals surface area contributed by atoms with Crippen molar-refractivity contribution in [2.45, 2.75) is 31.7 Å². The first-order valence-corrected chi connectivity index (χ1v) is 7.84. The maximum atomic E-state index is 12.0. The number of nitrogens with two attached hydrogens (primary N) is 1. The highest BCUT2D eigenvalue weighted by Crippen LogP contribution is 2.17. The van der Waals surface area contributed by atoms with Crippen molar-refractivity contribution in [2.75, 3.05) is 13.1 Å². The first-order chi connectivity index (χ1) is 10.1. The number of hydrogen-bond acceptors (Lipinski definition) is 4. The number of carbonyl (C=O) groups is 3. The molecule has 0 bridgehead atoms. The molecule has 6 nitrogen and oxygen atoms in total. The summed E-state index contributed by atoms with van der Waals surface area (Å²) in [6, 6.07) is 3.31. The minimum absolute atomic E-state index is 0.0990. The highest BCUT2D eigenvalue weighted by molar-refractivity contribution is 7.10. The topological polar surface area (TPSA) is 92.5 Å². The van der Waals surface area contributed by atoms with E-state index < -0.39 is 11.9 Å². The molecule has 1 atom stereocenters. The number of amides is 3. The van der Waals surface area contributed by atoms with Crippen molar-refractivity contribution in [1.82, 2.24) is 10.2 Å². The molecule has 7 heteroatoms. The van der Waals surface area contributed by atoms with E-state index in [0.29, 0.717) is 19.4 Å². The minimum Gasteiger partial charge on any atom is -0.368 e. The molecule has 1 aliphatic heterocycles. The fraction of sp³-hybridized carbons (Fsp3) is 0.500. The summed E-state index contributed by atoms with van der Waals surface area (Å²) in [6.45, 7) is 0.848. The lowest BCUT2D eigenvalue weighted by Gasteiger charge is -2.22. The van der Waals surface area contributed by atoms with Gasteiger partial charge < -0.3 is 16.0 Å². The Hall–Kier alpha value is -1.89. The molecule has 2 rings (SSSR count). The quantitative estimate of drug-likeness (QED) is 0.790. The molecule has 1 unspecified atom stereocenters. The van der Waals surface area contributed by atoms with Gasteiger partial charge in [0.05, 0.1) is 6.42 Å². The van der Waals surface area contributed by atoms with E-state index >= 15 is 0 Å². The number of rotatable bonds is 6. The largest absolute Gasteiger partial charge is 0.368 e. The number of nitrogens with one attached hydrogen (secondary N) is 1. The van der Waals surface area contributed by atoms with Crippen LogP contribution in [0.25, 0.3) is 0 Å². The first kappa shape index (κ1) is 15.5. The fourth-order valence-electron chi connectivity index (χ4n) is 2.45. The molecule has 3 amide bonds. The van der Waals surface area contributed by atoms with Gasteiger partial charge in [0.2, 0.25) is 17.7 Å². The molecule has 1 aromatic rings. The average molecular weight is 309 g/mol. The van der Waals surface area contributed by atoms with Gasteiger partial charge in [0, 0.05) is 24.4 Å². The van der Waals surface area contributed by atoms with Gasteiger partial charge in [-0.3, -0.25) is 14.4 Å². The predicted octanol–water partition coefficient (Wildman–Crippen LogP) is 0.273. The highest BCUT2D eigenvalue weighted by Gasteiger charge is 2.32. The lowest BCUT2D eigenvalue weighted by atomic mass is 10.2. The van der Waals surface area contributed by atoms with Crippen molar-refractivity contribution >= 4 is 29.1 Å². The smallest absolute Gasteiger partial charge is 0.240 e. The van der Waals surface area contributed by atoms with E-state index in [-0.39, 0.29) is 24.8 Å². The second-order valence-electron chi connectivity index (χ2n) is 5.00. The molecule has 0 aliphatic carbocycles. The summed E-state index contributed by atoms with van der Waals surface area (Å²) in [5.74, 6) is -0.687. The minimum atomic E-state index is -0.487.